The summed E-state index contributed by atoms with van der Waals surface area (Å²) in [5.41, 5.74) is 12.2. The Hall–Kier alpha value is -7.14. The lowest BCUT2D eigenvalue weighted by molar-refractivity contribution is -0.462. The number of nitrogens with zero attached hydrogens (tertiary/aromatic N) is 4. The Morgan fingerprint density at radius 1 is 0.675 bits per heavy atom. The first-order chi connectivity index (χ1) is 39.5. The standard InChI is InChI=1S/C66H77B2N5O8Si.CH4/c1-45(2)60(74)22-17-34-78-36-32-73(42-49-19-12-16-24-62(49)81-68-77)44-59-53-21-14-13-20-52(53)58(43-72(33-37-79-35-31-69-66(75)46(3)4)41-48-18-11-15-23-61(48)80-67-76)54-28-25-47(38-57(54)59)65-55-29-26-50(70(5)6)39-63(55)82(9,10)64-40-51(71(7)8)27-30-56(64)65;/h11-16,18-21,23-30,38-40,76-77H,1,3,17,22,31-37,41-44H2,2,4-10H3;1H4/p+1. The molecule has 6 aromatic rings. The summed E-state index contributed by atoms with van der Waals surface area (Å²) in [6.45, 7) is 21.0. The summed E-state index contributed by atoms with van der Waals surface area (Å²) in [5, 5.41) is 29.8. The molecule has 13 nitrogen and oxygen atoms in total. The normalized spacial score (nSPS) is 13.3. The predicted molar refractivity (Wildman–Crippen MR) is 343 cm³/mol. The Morgan fingerprint density at radius 3 is 1.81 bits per heavy atom. The van der Waals surface area contributed by atoms with E-state index in [0.717, 1.165) is 64.7 Å². The molecule has 0 saturated carbocycles. The lowest BCUT2D eigenvalue weighted by atomic mass is 9.85. The lowest BCUT2D eigenvalue weighted by Gasteiger charge is -2.38. The van der Waals surface area contributed by atoms with Gasteiger partial charge in [-0.25, -0.2) is 4.58 Å². The molecule has 1 heterocycles. The molecule has 2 radical (unpaired) electrons. The molecule has 0 unspecified atom stereocenters. The van der Waals surface area contributed by atoms with Gasteiger partial charge >= 0.3 is 15.4 Å². The van der Waals surface area contributed by atoms with Crippen molar-refractivity contribution >= 4 is 78.8 Å². The molecule has 0 atom stereocenters. The van der Waals surface area contributed by atoms with E-state index in [1.807, 2.05) is 48.5 Å². The highest BCUT2D eigenvalue weighted by Crippen LogP contribution is 2.44. The fourth-order valence-corrected chi connectivity index (χ4v) is 14.1. The van der Waals surface area contributed by atoms with Gasteiger partial charge in [0.25, 0.3) is 0 Å². The summed E-state index contributed by atoms with van der Waals surface area (Å²) in [7, 11) is 7.60. The van der Waals surface area contributed by atoms with Gasteiger partial charge in [-0.1, -0.05) is 113 Å². The first kappa shape index (κ1) is 63.4. The third-order valence-electron chi connectivity index (χ3n) is 15.5. The van der Waals surface area contributed by atoms with Crippen molar-refractivity contribution < 1.29 is 43.0 Å². The Kier molecular flexibility index (Phi) is 22.5. The van der Waals surface area contributed by atoms with Gasteiger partial charge in [0.15, 0.2) is 11.5 Å². The maximum Gasteiger partial charge on any atom is 0.569 e. The van der Waals surface area contributed by atoms with Gasteiger partial charge in [0.2, 0.25) is 5.91 Å². The van der Waals surface area contributed by atoms with Crippen LogP contribution in [0.5, 0.6) is 11.5 Å². The van der Waals surface area contributed by atoms with Gasteiger partial charge in [0, 0.05) is 107 Å². The first-order valence-electron chi connectivity index (χ1n) is 28.1. The molecule has 0 aromatic heterocycles. The third kappa shape index (κ3) is 15.4. The molecular weight excluding hydrogens is 1050 g/mol. The van der Waals surface area contributed by atoms with Crippen molar-refractivity contribution in [2.45, 2.75) is 73.4 Å². The Morgan fingerprint density at radius 2 is 1.24 bits per heavy atom. The fourth-order valence-electron chi connectivity index (χ4n) is 11.0. The van der Waals surface area contributed by atoms with Crippen LogP contribution >= 0.6 is 0 Å². The maximum absolute atomic E-state index is 12.4. The van der Waals surface area contributed by atoms with E-state index in [0.29, 0.717) is 108 Å². The van der Waals surface area contributed by atoms with Gasteiger partial charge in [-0.2, -0.15) is 0 Å². The molecule has 0 bridgehead atoms. The number of fused-ring (bicyclic) bond motifs is 4. The molecule has 1 aliphatic heterocycles. The van der Waals surface area contributed by atoms with E-state index in [4.69, 9.17) is 18.8 Å². The number of rotatable bonds is 29. The zero-order valence-corrected chi connectivity index (χ0v) is 50.0. The number of amides is 1. The molecular formula is C67H82B2N5O8Si+. The summed E-state index contributed by atoms with van der Waals surface area (Å²) < 4.78 is 26.0. The SMILES string of the molecule is C.C=C(C)C(=O)CCCOCCN(Cc1ccccc1O[B]O)Cc1c2ccccc2c(CN(CCOCCNC(=O)C(=C)C)Cc2ccccc2O[B]O)c2ccc(C3=C4C=CC(=[N+](C)C)C=C4[Si](C)(C)c4cc(N(C)C)ccc43)cc12. The van der Waals surface area contributed by atoms with Crippen LogP contribution in [0.1, 0.15) is 67.5 Å². The van der Waals surface area contributed by atoms with Crippen molar-refractivity contribution in [2.75, 3.05) is 79.2 Å². The molecule has 16 heteroatoms. The predicted octanol–water partition coefficient (Wildman–Crippen LogP) is 9.64. The monoisotopic (exact) mass is 1130 g/mol. The number of ketones is 1. The second-order valence-electron chi connectivity index (χ2n) is 22.2. The first-order valence-corrected chi connectivity index (χ1v) is 31.1. The number of Topliss-reactive ketones (excluding diaryl/α,β-unsaturated/α-hetero) is 1. The number of hydrogen-bond donors (Lipinski definition) is 3. The van der Waals surface area contributed by atoms with Crippen molar-refractivity contribution in [1.82, 2.24) is 15.1 Å². The lowest BCUT2D eigenvalue weighted by Crippen LogP contribution is -2.49. The maximum atomic E-state index is 12.4. The summed E-state index contributed by atoms with van der Waals surface area (Å²) in [4.78, 5) is 31.6. The van der Waals surface area contributed by atoms with Gasteiger partial charge in [-0.3, -0.25) is 19.4 Å². The fraction of sp³-hybridized carbons (Fsp3) is 0.328. The molecule has 8 rings (SSSR count). The molecule has 0 saturated heterocycles. The minimum atomic E-state index is -2.27. The van der Waals surface area contributed by atoms with Crippen LogP contribution in [0.3, 0.4) is 0 Å². The van der Waals surface area contributed by atoms with E-state index in [-0.39, 0.29) is 19.1 Å². The largest absolute Gasteiger partial charge is 0.569 e. The van der Waals surface area contributed by atoms with Crippen molar-refractivity contribution in [2.24, 2.45) is 0 Å². The number of anilines is 1. The van der Waals surface area contributed by atoms with Crippen LogP contribution in [0.25, 0.3) is 27.1 Å². The average Bonchev–Trinajstić information content (AvgIpc) is 1.35. The van der Waals surface area contributed by atoms with Crippen molar-refractivity contribution in [3.63, 3.8) is 0 Å². The second kappa shape index (κ2) is 29.4. The number of benzene rings is 6. The Bertz CT molecular complexity index is 3480. The zero-order valence-electron chi connectivity index (χ0n) is 49.0. The Balaban J connectivity index is 0.00000990. The molecule has 0 spiro atoms. The van der Waals surface area contributed by atoms with Gasteiger partial charge in [0.05, 0.1) is 19.8 Å². The number of allylic oxidation sites excluding steroid dienone is 6. The Labute approximate surface area is 494 Å². The van der Waals surface area contributed by atoms with Crippen molar-refractivity contribution in [1.29, 1.82) is 0 Å². The van der Waals surface area contributed by atoms with Crippen LogP contribution in [0.15, 0.2) is 162 Å². The number of para-hydroxylation sites is 2. The molecule has 3 N–H and O–H groups in total. The zero-order chi connectivity index (χ0) is 58.5. The summed E-state index contributed by atoms with van der Waals surface area (Å²) >= 11 is 0. The third-order valence-corrected chi connectivity index (χ3v) is 19.0. The van der Waals surface area contributed by atoms with Crippen LogP contribution in [-0.2, 0) is 45.2 Å². The van der Waals surface area contributed by atoms with Crippen LogP contribution in [0, 0.1) is 0 Å². The highest BCUT2D eigenvalue weighted by atomic mass is 28.3. The molecule has 83 heavy (non-hydrogen) atoms. The van der Waals surface area contributed by atoms with Crippen LogP contribution in [-0.4, -0.2) is 140 Å². The van der Waals surface area contributed by atoms with E-state index in [2.05, 4.69) is 158 Å². The van der Waals surface area contributed by atoms with Gasteiger partial charge in [-0.15, -0.1) is 0 Å². The van der Waals surface area contributed by atoms with Gasteiger partial charge in [-0.05, 0) is 128 Å². The minimum absolute atomic E-state index is 0. The molecule has 0 fully saturated rings. The van der Waals surface area contributed by atoms with Gasteiger partial charge in [0.1, 0.15) is 33.7 Å². The van der Waals surface area contributed by atoms with E-state index >= 15 is 0 Å². The molecule has 1 amide bonds. The highest BCUT2D eigenvalue weighted by molar-refractivity contribution is 6.98. The quantitative estimate of drug-likeness (QED) is 0.0136. The number of ether oxygens (including phenoxy) is 2. The van der Waals surface area contributed by atoms with Crippen LogP contribution in [0.2, 0.25) is 13.1 Å². The van der Waals surface area contributed by atoms with Crippen LogP contribution in [0.4, 0.5) is 5.69 Å². The molecule has 2 aliphatic rings. The van der Waals surface area contributed by atoms with Crippen molar-refractivity contribution in [3.05, 3.63) is 196 Å². The van der Waals surface area contributed by atoms with E-state index in [9.17, 15) is 19.6 Å². The molecule has 1 aliphatic carbocycles. The topological polar surface area (TPSA) is 136 Å². The van der Waals surface area contributed by atoms with E-state index < -0.39 is 8.07 Å². The second-order valence-corrected chi connectivity index (χ2v) is 26.5. The van der Waals surface area contributed by atoms with Gasteiger partial charge < -0.3 is 39.0 Å². The highest BCUT2D eigenvalue weighted by Gasteiger charge is 2.40. The number of carbonyl (C=O) groups is 2. The number of hydrogen-bond acceptors (Lipinski definition) is 11. The smallest absolute Gasteiger partial charge is 0.537 e. The molecule has 6 aromatic carbocycles. The average molecular weight is 1140 g/mol. The van der Waals surface area contributed by atoms with Crippen molar-refractivity contribution in [3.8, 4) is 11.5 Å². The van der Waals surface area contributed by atoms with E-state index in [1.165, 1.54) is 38.5 Å². The number of carbonyl (C=O) groups excluding carboxylic acids is 2. The van der Waals surface area contributed by atoms with E-state index in [1.54, 1.807) is 13.8 Å². The van der Waals surface area contributed by atoms with Crippen LogP contribution < -0.4 is 24.7 Å². The summed E-state index contributed by atoms with van der Waals surface area (Å²) in [6.07, 6.45) is 7.97. The summed E-state index contributed by atoms with van der Waals surface area (Å²) in [6, 6.07) is 38.2. The molecule has 432 valence electrons. The number of nitrogens with one attached hydrogen (secondary N) is 1. The minimum Gasteiger partial charge on any atom is -0.537 e. The summed E-state index contributed by atoms with van der Waals surface area (Å²) in [5.74, 6) is 0.943.